The Kier molecular flexibility index (Phi) is 7.12. The lowest BCUT2D eigenvalue weighted by Gasteiger charge is -2.15. The van der Waals surface area contributed by atoms with Crippen LogP contribution in [0.1, 0.15) is 20.7 Å². The quantitative estimate of drug-likeness (QED) is 0.333. The van der Waals surface area contributed by atoms with Gasteiger partial charge < -0.3 is 19.9 Å². The van der Waals surface area contributed by atoms with E-state index in [4.69, 9.17) is 9.47 Å². The maximum Gasteiger partial charge on any atom is 0.337 e. The van der Waals surface area contributed by atoms with Gasteiger partial charge in [0.15, 0.2) is 11.5 Å². The zero-order valence-corrected chi connectivity index (χ0v) is 19.7. The van der Waals surface area contributed by atoms with E-state index in [-0.39, 0.29) is 15.6 Å². The highest BCUT2D eigenvalue weighted by molar-refractivity contribution is 9.15. The lowest BCUT2D eigenvalue weighted by Crippen LogP contribution is -2.18. The number of carboxylic acids is 1. The lowest BCUT2D eigenvalue weighted by molar-refractivity contribution is 0.0691. The highest BCUT2D eigenvalue weighted by Crippen LogP contribution is 2.42. The van der Waals surface area contributed by atoms with Gasteiger partial charge in [0.25, 0.3) is 5.91 Å². The largest absolute Gasteiger partial charge is 0.493 e. The Labute approximate surface area is 182 Å². The van der Waals surface area contributed by atoms with Crippen LogP contribution in [0, 0.1) is 0 Å². The van der Waals surface area contributed by atoms with Crippen LogP contribution >= 0.6 is 63.7 Å². The zero-order chi connectivity index (χ0) is 19.6. The van der Waals surface area contributed by atoms with Crippen LogP contribution in [0.3, 0.4) is 0 Å². The third-order valence-corrected chi connectivity index (χ3v) is 8.12. The Morgan fingerprint density at radius 3 is 1.92 bits per heavy atom. The molecule has 2 aromatic carbocycles. The first-order valence-corrected chi connectivity index (χ1v) is 10.0. The van der Waals surface area contributed by atoms with Gasteiger partial charge in [-0.25, -0.2) is 4.79 Å². The summed E-state index contributed by atoms with van der Waals surface area (Å²) >= 11 is 13.1. The zero-order valence-electron chi connectivity index (χ0n) is 13.3. The fourth-order valence-electron chi connectivity index (χ4n) is 2.15. The van der Waals surface area contributed by atoms with Gasteiger partial charge in [-0.2, -0.15) is 0 Å². The Hall–Kier alpha value is -1.10. The Bertz CT molecular complexity index is 901. The Morgan fingerprint density at radius 2 is 1.42 bits per heavy atom. The van der Waals surface area contributed by atoms with Gasteiger partial charge in [-0.15, -0.1) is 0 Å². The highest BCUT2D eigenvalue weighted by atomic mass is 79.9. The number of rotatable bonds is 5. The molecule has 1 amide bonds. The van der Waals surface area contributed by atoms with Crippen LogP contribution in [-0.2, 0) is 0 Å². The van der Waals surface area contributed by atoms with Gasteiger partial charge in [0, 0.05) is 29.6 Å². The van der Waals surface area contributed by atoms with Gasteiger partial charge in [0.1, 0.15) is 0 Å². The van der Waals surface area contributed by atoms with Crippen molar-refractivity contribution in [2.75, 3.05) is 19.5 Å². The molecule has 26 heavy (non-hydrogen) atoms. The van der Waals surface area contributed by atoms with Crippen molar-refractivity contribution in [3.05, 3.63) is 47.2 Å². The summed E-state index contributed by atoms with van der Waals surface area (Å²) in [7, 11) is 2.98. The van der Waals surface area contributed by atoms with Crippen molar-refractivity contribution < 1.29 is 24.2 Å². The minimum atomic E-state index is -1.25. The van der Waals surface area contributed by atoms with Crippen LogP contribution in [0.4, 0.5) is 5.69 Å². The summed E-state index contributed by atoms with van der Waals surface area (Å²) in [6, 6.07) is 4.83. The number of benzene rings is 2. The molecular formula is C16H11Br4NO5. The molecule has 0 radical (unpaired) electrons. The monoisotopic (exact) mass is 613 g/mol. The number of carbonyl (C=O) groups is 2. The third-order valence-electron chi connectivity index (χ3n) is 3.35. The first-order chi connectivity index (χ1) is 12.2. The second-order valence-electron chi connectivity index (χ2n) is 4.83. The molecule has 2 N–H and O–H groups in total. The standard InChI is InChI=1S/C16H11Br4NO5/c1-25-7-4-3-6(5-8(7)26-2)21-15(22)9-10(16(23)24)12(18)14(20)13(19)11(9)17/h3-5H,1-2H3,(H,21,22)(H,23,24). The predicted octanol–water partition coefficient (Wildman–Crippen LogP) is 5.70. The average Bonchev–Trinajstić information content (AvgIpc) is 2.61. The van der Waals surface area contributed by atoms with Crippen molar-refractivity contribution in [1.82, 2.24) is 0 Å². The molecular weight excluding hydrogens is 606 g/mol. The summed E-state index contributed by atoms with van der Waals surface area (Å²) in [6.45, 7) is 0. The number of anilines is 1. The molecule has 0 heterocycles. The number of ether oxygens (including phenoxy) is 2. The third kappa shape index (κ3) is 4.08. The number of carboxylic acid groups (broad SMARTS) is 1. The summed E-state index contributed by atoms with van der Waals surface area (Å²) in [5.74, 6) is -0.911. The van der Waals surface area contributed by atoms with E-state index in [2.05, 4.69) is 69.0 Å². The molecule has 0 aliphatic carbocycles. The number of nitrogens with one attached hydrogen (secondary N) is 1. The summed E-state index contributed by atoms with van der Waals surface area (Å²) in [4.78, 5) is 24.5. The molecule has 138 valence electrons. The van der Waals surface area contributed by atoms with Gasteiger partial charge >= 0.3 is 5.97 Å². The first kappa shape index (κ1) is 21.2. The molecule has 2 aromatic rings. The molecule has 0 saturated carbocycles. The number of hydrogen-bond donors (Lipinski definition) is 2. The van der Waals surface area contributed by atoms with E-state index in [9.17, 15) is 14.7 Å². The molecule has 0 atom stereocenters. The van der Waals surface area contributed by atoms with Gasteiger partial charge in [-0.3, -0.25) is 4.79 Å². The van der Waals surface area contributed by atoms with E-state index in [0.717, 1.165) is 0 Å². The number of methoxy groups -OCH3 is 2. The van der Waals surface area contributed by atoms with Crippen molar-refractivity contribution in [2.24, 2.45) is 0 Å². The van der Waals surface area contributed by atoms with E-state index in [1.54, 1.807) is 18.2 Å². The van der Waals surface area contributed by atoms with E-state index >= 15 is 0 Å². The summed E-state index contributed by atoms with van der Waals surface area (Å²) < 4.78 is 11.9. The molecule has 0 aliphatic heterocycles. The Morgan fingerprint density at radius 1 is 0.885 bits per heavy atom. The molecule has 0 spiro atoms. The van der Waals surface area contributed by atoms with Crippen LogP contribution < -0.4 is 14.8 Å². The molecule has 0 fully saturated rings. The van der Waals surface area contributed by atoms with Crippen molar-refractivity contribution in [3.63, 3.8) is 0 Å². The van der Waals surface area contributed by atoms with Gasteiger partial charge in [0.05, 0.1) is 25.3 Å². The molecule has 10 heteroatoms. The molecule has 0 aromatic heterocycles. The van der Waals surface area contributed by atoms with Crippen molar-refractivity contribution in [3.8, 4) is 11.5 Å². The maximum atomic E-state index is 12.8. The summed E-state index contributed by atoms with van der Waals surface area (Å²) in [5.41, 5.74) is 0.213. The van der Waals surface area contributed by atoms with Crippen molar-refractivity contribution in [1.29, 1.82) is 0 Å². The molecule has 0 bridgehead atoms. The topological polar surface area (TPSA) is 84.9 Å². The fraction of sp³-hybridized carbons (Fsp3) is 0.125. The van der Waals surface area contributed by atoms with E-state index < -0.39 is 11.9 Å². The van der Waals surface area contributed by atoms with Gasteiger partial charge in [-0.1, -0.05) is 0 Å². The van der Waals surface area contributed by atoms with Crippen molar-refractivity contribution >= 4 is 81.3 Å². The molecule has 0 saturated heterocycles. The van der Waals surface area contributed by atoms with Crippen LogP contribution in [0.15, 0.2) is 36.1 Å². The fourth-order valence-corrected chi connectivity index (χ4v) is 4.62. The number of carbonyl (C=O) groups excluding carboxylic acids is 1. The van der Waals surface area contributed by atoms with Gasteiger partial charge in [0.2, 0.25) is 0 Å². The predicted molar refractivity (Wildman–Crippen MR) is 112 cm³/mol. The second-order valence-corrected chi connectivity index (χ2v) is 8.01. The molecule has 6 nitrogen and oxygen atoms in total. The summed E-state index contributed by atoms with van der Waals surface area (Å²) in [6.07, 6.45) is 0. The number of amides is 1. The second kappa shape index (κ2) is 8.73. The van der Waals surface area contributed by atoms with Crippen LogP contribution in [0.25, 0.3) is 0 Å². The summed E-state index contributed by atoms with van der Waals surface area (Å²) in [5, 5.41) is 12.2. The molecule has 0 aliphatic rings. The van der Waals surface area contributed by atoms with Crippen LogP contribution in [0.2, 0.25) is 0 Å². The van der Waals surface area contributed by atoms with E-state index in [0.29, 0.717) is 30.6 Å². The van der Waals surface area contributed by atoms with Crippen molar-refractivity contribution in [2.45, 2.75) is 0 Å². The van der Waals surface area contributed by atoms with Crippen LogP contribution in [-0.4, -0.2) is 31.2 Å². The molecule has 0 unspecified atom stereocenters. The van der Waals surface area contributed by atoms with E-state index in [1.165, 1.54) is 14.2 Å². The highest BCUT2D eigenvalue weighted by Gasteiger charge is 2.28. The average molecular weight is 617 g/mol. The SMILES string of the molecule is COc1ccc(NC(=O)c2c(Br)c(Br)c(Br)c(Br)c2C(=O)O)cc1OC. The van der Waals surface area contributed by atoms with Crippen LogP contribution in [0.5, 0.6) is 11.5 Å². The normalized spacial score (nSPS) is 10.4. The smallest absolute Gasteiger partial charge is 0.337 e. The Balaban J connectivity index is 2.53. The first-order valence-electron chi connectivity index (χ1n) is 6.85. The minimum absolute atomic E-state index is 0.0331. The number of aromatic carboxylic acids is 1. The number of halogens is 4. The maximum absolute atomic E-state index is 12.8. The lowest BCUT2D eigenvalue weighted by atomic mass is 10.1. The van der Waals surface area contributed by atoms with E-state index in [1.807, 2.05) is 0 Å². The number of hydrogen-bond acceptors (Lipinski definition) is 4. The molecule has 2 rings (SSSR count). The minimum Gasteiger partial charge on any atom is -0.493 e. The van der Waals surface area contributed by atoms with Gasteiger partial charge in [-0.05, 0) is 75.9 Å².